The van der Waals surface area contributed by atoms with E-state index in [0.29, 0.717) is 11.6 Å². The molecule has 1 aliphatic carbocycles. The van der Waals surface area contributed by atoms with Gasteiger partial charge in [-0.2, -0.15) is 0 Å². The summed E-state index contributed by atoms with van der Waals surface area (Å²) in [6, 6.07) is 1.89. The number of rotatable bonds is 2. The fraction of sp³-hybridized carbons (Fsp3) is 0.357. The van der Waals surface area contributed by atoms with E-state index in [1.165, 1.54) is 19.3 Å². The minimum Gasteiger partial charge on any atom is -0.437 e. The minimum absolute atomic E-state index is 0.673. The molecule has 4 nitrogen and oxygen atoms in total. The van der Waals surface area contributed by atoms with Crippen molar-refractivity contribution in [3.05, 3.63) is 40.5 Å². The summed E-state index contributed by atoms with van der Waals surface area (Å²) in [7, 11) is 0. The number of aromatic nitrogens is 3. The molecule has 98 valence electrons. The highest BCUT2D eigenvalue weighted by Crippen LogP contribution is 2.29. The molecule has 0 radical (unpaired) electrons. The Kier molecular flexibility index (Phi) is 3.73. The van der Waals surface area contributed by atoms with Gasteiger partial charge in [0, 0.05) is 16.2 Å². The summed E-state index contributed by atoms with van der Waals surface area (Å²) < 4.78 is 6.76. The lowest BCUT2D eigenvalue weighted by atomic mass is 10.1. The Morgan fingerprint density at radius 1 is 1.05 bits per heavy atom. The zero-order chi connectivity index (χ0) is 13.1. The number of halogens is 1. The molecule has 2 aromatic heterocycles. The summed E-state index contributed by atoms with van der Waals surface area (Å²) >= 11 is 3.39. The van der Waals surface area contributed by atoms with Crippen LogP contribution in [0, 0.1) is 0 Å². The van der Waals surface area contributed by atoms with Gasteiger partial charge in [-0.1, -0.05) is 6.42 Å². The summed E-state index contributed by atoms with van der Waals surface area (Å²) in [5.41, 5.74) is 2.28. The van der Waals surface area contributed by atoms with E-state index < -0.39 is 0 Å². The molecule has 3 rings (SSSR count). The third-order valence-corrected chi connectivity index (χ3v) is 3.66. The molecular formula is C14H14BrN3O. The van der Waals surface area contributed by atoms with Crippen molar-refractivity contribution in [1.82, 2.24) is 15.0 Å². The Labute approximate surface area is 120 Å². The molecular weight excluding hydrogens is 306 g/mol. The number of hydrogen-bond acceptors (Lipinski definition) is 4. The lowest BCUT2D eigenvalue weighted by Gasteiger charge is -2.11. The molecule has 0 saturated carbocycles. The van der Waals surface area contributed by atoms with Gasteiger partial charge in [-0.25, -0.2) is 9.97 Å². The van der Waals surface area contributed by atoms with Crippen molar-refractivity contribution in [3.8, 4) is 11.6 Å². The van der Waals surface area contributed by atoms with Crippen molar-refractivity contribution in [2.24, 2.45) is 0 Å². The number of aryl methyl sites for hydroxylation is 1. The topological polar surface area (TPSA) is 47.9 Å². The van der Waals surface area contributed by atoms with E-state index in [4.69, 9.17) is 4.74 Å². The fourth-order valence-electron chi connectivity index (χ4n) is 2.32. The molecule has 0 aliphatic heterocycles. The quantitative estimate of drug-likeness (QED) is 0.792. The highest BCUT2D eigenvalue weighted by molar-refractivity contribution is 9.10. The molecule has 0 bridgehead atoms. The van der Waals surface area contributed by atoms with Crippen LogP contribution in [0.1, 0.15) is 30.5 Å². The maximum atomic E-state index is 5.87. The van der Waals surface area contributed by atoms with Crippen LogP contribution in [0.5, 0.6) is 11.6 Å². The first-order valence-corrected chi connectivity index (χ1v) is 7.23. The predicted molar refractivity (Wildman–Crippen MR) is 75.3 cm³/mol. The van der Waals surface area contributed by atoms with Gasteiger partial charge < -0.3 is 4.74 Å². The summed E-state index contributed by atoms with van der Waals surface area (Å²) in [5.74, 6) is 1.37. The van der Waals surface area contributed by atoms with Crippen molar-refractivity contribution in [2.75, 3.05) is 0 Å². The molecule has 0 amide bonds. The second-order valence-corrected chi connectivity index (χ2v) is 5.52. The predicted octanol–water partition coefficient (Wildman–Crippen LogP) is 3.70. The summed E-state index contributed by atoms with van der Waals surface area (Å²) in [5, 5.41) is 0. The number of fused-ring (bicyclic) bond motifs is 1. The first kappa shape index (κ1) is 12.5. The van der Waals surface area contributed by atoms with Crippen molar-refractivity contribution >= 4 is 15.9 Å². The lowest BCUT2D eigenvalue weighted by molar-refractivity contribution is 0.450. The van der Waals surface area contributed by atoms with Gasteiger partial charge in [-0.05, 0) is 47.7 Å². The van der Waals surface area contributed by atoms with Gasteiger partial charge in [0.2, 0.25) is 5.88 Å². The number of hydrogen-bond donors (Lipinski definition) is 0. The van der Waals surface area contributed by atoms with Crippen molar-refractivity contribution in [3.63, 3.8) is 0 Å². The van der Waals surface area contributed by atoms with Crippen LogP contribution in [-0.4, -0.2) is 15.0 Å². The molecule has 1 aliphatic rings. The van der Waals surface area contributed by atoms with Crippen LogP contribution in [0.3, 0.4) is 0 Å². The van der Waals surface area contributed by atoms with E-state index in [0.717, 1.165) is 28.6 Å². The molecule has 0 spiro atoms. The van der Waals surface area contributed by atoms with E-state index in [-0.39, 0.29) is 0 Å². The number of pyridine rings is 1. The summed E-state index contributed by atoms with van der Waals surface area (Å²) in [6.45, 7) is 0. The first-order chi connectivity index (χ1) is 9.33. The molecule has 0 saturated heterocycles. The number of ether oxygens (including phenoxy) is 1. The van der Waals surface area contributed by atoms with E-state index >= 15 is 0 Å². The van der Waals surface area contributed by atoms with Gasteiger partial charge in [0.1, 0.15) is 12.1 Å². The van der Waals surface area contributed by atoms with Crippen LogP contribution in [0.15, 0.2) is 29.3 Å². The lowest BCUT2D eigenvalue weighted by Crippen LogP contribution is -2.01. The van der Waals surface area contributed by atoms with Crippen LogP contribution < -0.4 is 4.74 Å². The highest BCUT2D eigenvalue weighted by atomic mass is 79.9. The third-order valence-electron chi connectivity index (χ3n) is 3.23. The van der Waals surface area contributed by atoms with Gasteiger partial charge in [0.05, 0.1) is 11.9 Å². The van der Waals surface area contributed by atoms with Crippen molar-refractivity contribution < 1.29 is 4.74 Å². The second kappa shape index (κ2) is 5.65. The molecule has 5 heteroatoms. The Morgan fingerprint density at radius 2 is 1.95 bits per heavy atom. The van der Waals surface area contributed by atoms with Gasteiger partial charge in [0.15, 0.2) is 0 Å². The third kappa shape index (κ3) is 2.92. The Bertz CT molecular complexity index is 589. The Balaban J connectivity index is 1.93. The molecule has 0 N–H and O–H groups in total. The van der Waals surface area contributed by atoms with Gasteiger partial charge >= 0.3 is 0 Å². The molecule has 2 heterocycles. The molecule has 19 heavy (non-hydrogen) atoms. The van der Waals surface area contributed by atoms with E-state index in [1.807, 2.05) is 6.07 Å². The summed E-state index contributed by atoms with van der Waals surface area (Å²) in [4.78, 5) is 12.8. The molecule has 0 aromatic carbocycles. The molecule has 0 unspecified atom stereocenters. The number of nitrogens with zero attached hydrogens (tertiary/aromatic N) is 3. The normalized spacial score (nSPS) is 14.6. The molecule has 2 aromatic rings. The fourth-order valence-corrected chi connectivity index (χ4v) is 2.66. The molecule has 0 atom stereocenters. The van der Waals surface area contributed by atoms with Crippen LogP contribution >= 0.6 is 15.9 Å². The maximum Gasteiger partial charge on any atom is 0.225 e. The van der Waals surface area contributed by atoms with Crippen molar-refractivity contribution in [1.29, 1.82) is 0 Å². The SMILES string of the molecule is Brc1cncc(Oc2ncnc3c2CCCCC3)c1. The van der Waals surface area contributed by atoms with E-state index in [2.05, 4.69) is 30.9 Å². The van der Waals surface area contributed by atoms with E-state index in [1.54, 1.807) is 18.7 Å². The average Bonchev–Trinajstić information content (AvgIpc) is 2.65. The average molecular weight is 320 g/mol. The van der Waals surface area contributed by atoms with Crippen LogP contribution in [-0.2, 0) is 12.8 Å². The smallest absolute Gasteiger partial charge is 0.225 e. The van der Waals surface area contributed by atoms with Gasteiger partial charge in [-0.3, -0.25) is 4.98 Å². The van der Waals surface area contributed by atoms with Crippen LogP contribution in [0.4, 0.5) is 0 Å². The second-order valence-electron chi connectivity index (χ2n) is 4.61. The summed E-state index contributed by atoms with van der Waals surface area (Å²) in [6.07, 6.45) is 10.6. The van der Waals surface area contributed by atoms with Gasteiger partial charge in [-0.15, -0.1) is 0 Å². The maximum absolute atomic E-state index is 5.87. The first-order valence-electron chi connectivity index (χ1n) is 6.44. The van der Waals surface area contributed by atoms with Crippen LogP contribution in [0.25, 0.3) is 0 Å². The van der Waals surface area contributed by atoms with Crippen LogP contribution in [0.2, 0.25) is 0 Å². The minimum atomic E-state index is 0.673. The van der Waals surface area contributed by atoms with E-state index in [9.17, 15) is 0 Å². The Morgan fingerprint density at radius 3 is 2.84 bits per heavy atom. The molecule has 0 fully saturated rings. The largest absolute Gasteiger partial charge is 0.437 e. The zero-order valence-corrected chi connectivity index (χ0v) is 12.1. The highest BCUT2D eigenvalue weighted by Gasteiger charge is 2.16. The van der Waals surface area contributed by atoms with Gasteiger partial charge in [0.25, 0.3) is 0 Å². The van der Waals surface area contributed by atoms with Crippen molar-refractivity contribution in [2.45, 2.75) is 32.1 Å². The Hall–Kier alpha value is -1.49. The zero-order valence-electron chi connectivity index (χ0n) is 10.5. The standard InChI is InChI=1S/C14H14BrN3O/c15-10-6-11(8-16-7-10)19-14-12-4-2-1-3-5-13(12)17-9-18-14/h6-9H,1-5H2. The monoisotopic (exact) mass is 319 g/mol.